The highest BCUT2D eigenvalue weighted by molar-refractivity contribution is 6.31. The minimum Gasteiger partial charge on any atom is -0.326 e. The van der Waals surface area contributed by atoms with Crippen LogP contribution in [0.25, 0.3) is 0 Å². The zero-order chi connectivity index (χ0) is 10.6. The lowest BCUT2D eigenvalue weighted by atomic mass is 10.1. The number of hydrogen-bond acceptors (Lipinski definition) is 2. The molecule has 0 aromatic heterocycles. The van der Waals surface area contributed by atoms with E-state index in [1.54, 1.807) is 0 Å². The van der Waals surface area contributed by atoms with Crippen molar-refractivity contribution in [1.82, 2.24) is 4.90 Å². The monoisotopic (exact) mass is 212 g/mol. The Kier molecular flexibility index (Phi) is 4.39. The Hall–Kier alpha value is -0.570. The lowest BCUT2D eigenvalue weighted by Crippen LogP contribution is -2.34. The smallest absolute Gasteiger partial charge is 0.0438 e. The van der Waals surface area contributed by atoms with Crippen molar-refractivity contribution in [3.05, 3.63) is 34.9 Å². The van der Waals surface area contributed by atoms with Crippen LogP contribution in [0, 0.1) is 0 Å². The summed E-state index contributed by atoms with van der Waals surface area (Å²) in [6, 6.07) is 7.99. The Morgan fingerprint density at radius 1 is 1.36 bits per heavy atom. The summed E-state index contributed by atoms with van der Waals surface area (Å²) in [6.07, 6.45) is 0.831. The second-order valence-electron chi connectivity index (χ2n) is 3.82. The first kappa shape index (κ1) is 11.5. The molecule has 0 aliphatic carbocycles. The van der Waals surface area contributed by atoms with E-state index in [0.717, 1.165) is 23.6 Å². The Balaban J connectivity index is 2.56. The molecular weight excluding hydrogens is 196 g/mol. The van der Waals surface area contributed by atoms with E-state index in [1.807, 2.05) is 38.4 Å². The lowest BCUT2D eigenvalue weighted by Gasteiger charge is -2.17. The molecule has 2 nitrogen and oxygen atoms in total. The molecule has 0 saturated heterocycles. The van der Waals surface area contributed by atoms with Gasteiger partial charge in [-0.05, 0) is 32.1 Å². The average Bonchev–Trinajstić information content (AvgIpc) is 2.07. The van der Waals surface area contributed by atoms with Crippen LogP contribution in [0.5, 0.6) is 0 Å². The predicted octanol–water partition coefficient (Wildman–Crippen LogP) is 1.77. The number of hydrogen-bond donors (Lipinski definition) is 1. The Morgan fingerprint density at radius 3 is 2.57 bits per heavy atom. The molecule has 0 radical (unpaired) electrons. The third-order valence-corrected chi connectivity index (χ3v) is 2.41. The second-order valence-corrected chi connectivity index (χ2v) is 4.23. The van der Waals surface area contributed by atoms with E-state index in [9.17, 15) is 0 Å². The van der Waals surface area contributed by atoms with Crippen molar-refractivity contribution in [3.8, 4) is 0 Å². The minimum atomic E-state index is 0.143. The van der Waals surface area contributed by atoms with E-state index in [-0.39, 0.29) is 6.04 Å². The van der Waals surface area contributed by atoms with Gasteiger partial charge in [0.2, 0.25) is 0 Å². The quantitative estimate of drug-likeness (QED) is 0.825. The molecular formula is C11H17ClN2. The summed E-state index contributed by atoms with van der Waals surface area (Å²) < 4.78 is 0. The van der Waals surface area contributed by atoms with Crippen LogP contribution in [-0.4, -0.2) is 31.6 Å². The molecule has 1 aromatic carbocycles. The van der Waals surface area contributed by atoms with Gasteiger partial charge in [-0.2, -0.15) is 0 Å². The number of halogens is 1. The predicted molar refractivity (Wildman–Crippen MR) is 61.7 cm³/mol. The fraction of sp³-hybridized carbons (Fsp3) is 0.455. The third-order valence-electron chi connectivity index (χ3n) is 2.04. The van der Waals surface area contributed by atoms with Crippen LogP contribution in [0.1, 0.15) is 5.56 Å². The summed E-state index contributed by atoms with van der Waals surface area (Å²) in [5, 5.41) is 0.807. The second kappa shape index (κ2) is 5.35. The van der Waals surface area contributed by atoms with E-state index in [1.165, 1.54) is 0 Å². The number of nitrogens with zero attached hydrogens (tertiary/aromatic N) is 1. The summed E-state index contributed by atoms with van der Waals surface area (Å²) in [4.78, 5) is 2.08. The molecule has 0 heterocycles. The molecule has 3 heteroatoms. The maximum atomic E-state index is 6.04. The van der Waals surface area contributed by atoms with E-state index in [4.69, 9.17) is 17.3 Å². The van der Waals surface area contributed by atoms with Crippen molar-refractivity contribution >= 4 is 11.6 Å². The fourth-order valence-electron chi connectivity index (χ4n) is 1.48. The summed E-state index contributed by atoms with van der Waals surface area (Å²) >= 11 is 6.04. The van der Waals surface area contributed by atoms with Crippen LogP contribution in [0.2, 0.25) is 5.02 Å². The van der Waals surface area contributed by atoms with Crippen molar-refractivity contribution in [2.45, 2.75) is 12.5 Å². The summed E-state index contributed by atoms with van der Waals surface area (Å²) in [5.41, 5.74) is 7.10. The number of benzene rings is 1. The number of likely N-dealkylation sites (N-methyl/N-ethyl adjacent to an activating group) is 1. The van der Waals surface area contributed by atoms with E-state index < -0.39 is 0 Å². The average molecular weight is 213 g/mol. The van der Waals surface area contributed by atoms with Crippen LogP contribution in [-0.2, 0) is 6.42 Å². The topological polar surface area (TPSA) is 29.3 Å². The number of nitrogens with two attached hydrogens (primary N) is 1. The normalized spacial score (nSPS) is 13.2. The highest BCUT2D eigenvalue weighted by Gasteiger charge is 2.07. The van der Waals surface area contributed by atoms with Gasteiger partial charge in [-0.25, -0.2) is 0 Å². The van der Waals surface area contributed by atoms with Crippen LogP contribution in [0.3, 0.4) is 0 Å². The van der Waals surface area contributed by atoms with Gasteiger partial charge in [0, 0.05) is 17.6 Å². The van der Waals surface area contributed by atoms with Gasteiger partial charge in [-0.15, -0.1) is 0 Å². The van der Waals surface area contributed by atoms with Crippen molar-refractivity contribution in [3.63, 3.8) is 0 Å². The molecule has 0 amide bonds. The molecule has 1 rings (SSSR count). The van der Waals surface area contributed by atoms with Gasteiger partial charge < -0.3 is 10.6 Å². The highest BCUT2D eigenvalue weighted by Crippen LogP contribution is 2.16. The Bertz CT molecular complexity index is 286. The maximum absolute atomic E-state index is 6.04. The van der Waals surface area contributed by atoms with Crippen LogP contribution in [0.4, 0.5) is 0 Å². The molecule has 0 aliphatic heterocycles. The van der Waals surface area contributed by atoms with Crippen molar-refractivity contribution < 1.29 is 0 Å². The largest absolute Gasteiger partial charge is 0.326 e. The summed E-state index contributed by atoms with van der Waals surface area (Å²) in [5.74, 6) is 0. The van der Waals surface area contributed by atoms with E-state index in [2.05, 4.69) is 4.90 Å². The van der Waals surface area contributed by atoms with Gasteiger partial charge in [0.1, 0.15) is 0 Å². The molecule has 1 atom stereocenters. The van der Waals surface area contributed by atoms with Crippen LogP contribution >= 0.6 is 11.6 Å². The molecule has 0 fully saturated rings. The van der Waals surface area contributed by atoms with Gasteiger partial charge >= 0.3 is 0 Å². The third kappa shape index (κ3) is 3.66. The van der Waals surface area contributed by atoms with Crippen molar-refractivity contribution in [2.75, 3.05) is 20.6 Å². The Labute approximate surface area is 90.7 Å². The zero-order valence-electron chi connectivity index (χ0n) is 8.70. The first-order valence-electron chi connectivity index (χ1n) is 4.73. The van der Waals surface area contributed by atoms with E-state index >= 15 is 0 Å². The zero-order valence-corrected chi connectivity index (χ0v) is 9.46. The molecule has 0 bridgehead atoms. The van der Waals surface area contributed by atoms with Crippen molar-refractivity contribution in [2.24, 2.45) is 5.73 Å². The number of rotatable bonds is 4. The van der Waals surface area contributed by atoms with Crippen LogP contribution < -0.4 is 5.73 Å². The minimum absolute atomic E-state index is 0.143. The molecule has 0 aliphatic rings. The molecule has 14 heavy (non-hydrogen) atoms. The van der Waals surface area contributed by atoms with Gasteiger partial charge in [-0.1, -0.05) is 29.8 Å². The van der Waals surface area contributed by atoms with Gasteiger partial charge in [0.05, 0.1) is 0 Å². The molecule has 2 N–H and O–H groups in total. The fourth-order valence-corrected chi connectivity index (χ4v) is 1.69. The first-order valence-corrected chi connectivity index (χ1v) is 5.11. The summed E-state index contributed by atoms with van der Waals surface area (Å²) in [6.45, 7) is 0.880. The SMILES string of the molecule is CN(C)CC(N)Cc1ccccc1Cl. The lowest BCUT2D eigenvalue weighted by molar-refractivity contribution is 0.371. The molecule has 1 aromatic rings. The first-order chi connectivity index (χ1) is 6.59. The molecule has 78 valence electrons. The van der Waals surface area contributed by atoms with E-state index in [0.29, 0.717) is 0 Å². The van der Waals surface area contributed by atoms with Gasteiger partial charge in [0.25, 0.3) is 0 Å². The van der Waals surface area contributed by atoms with Gasteiger partial charge in [-0.3, -0.25) is 0 Å². The molecule has 0 spiro atoms. The molecule has 0 saturated carbocycles. The van der Waals surface area contributed by atoms with Gasteiger partial charge in [0.15, 0.2) is 0 Å². The highest BCUT2D eigenvalue weighted by atomic mass is 35.5. The Morgan fingerprint density at radius 2 is 2.00 bits per heavy atom. The summed E-state index contributed by atoms with van der Waals surface area (Å²) in [7, 11) is 4.04. The molecule has 1 unspecified atom stereocenters. The maximum Gasteiger partial charge on any atom is 0.0438 e. The van der Waals surface area contributed by atoms with Crippen molar-refractivity contribution in [1.29, 1.82) is 0 Å². The van der Waals surface area contributed by atoms with Crippen LogP contribution in [0.15, 0.2) is 24.3 Å². The standard InChI is InChI=1S/C11H17ClN2/c1-14(2)8-10(13)7-9-5-3-4-6-11(9)12/h3-6,10H,7-8,13H2,1-2H3.